The molecule has 4 nitrogen and oxygen atoms in total. The minimum absolute atomic E-state index is 0.0736. The Hall–Kier alpha value is -0.420. The molecule has 0 aromatic rings. The summed E-state index contributed by atoms with van der Waals surface area (Å²) in [5, 5.41) is 43.0. The first kappa shape index (κ1) is 23.7. The van der Waals surface area contributed by atoms with Crippen LogP contribution in [0, 0.1) is 52.3 Å². The molecule has 4 heteroatoms. The van der Waals surface area contributed by atoms with Gasteiger partial charge in [-0.25, -0.2) is 0 Å². The molecule has 4 rings (SSSR count). The van der Waals surface area contributed by atoms with Gasteiger partial charge in [0.05, 0.1) is 24.4 Å². The fourth-order valence-electron chi connectivity index (χ4n) is 8.85. The van der Waals surface area contributed by atoms with Crippen molar-refractivity contribution < 1.29 is 20.4 Å². The van der Waals surface area contributed by atoms with Crippen LogP contribution in [0.1, 0.15) is 79.6 Å². The molecule has 0 spiro atoms. The fraction of sp³-hybridized carbons (Fsp3) is 0.926. The van der Waals surface area contributed by atoms with Crippen LogP contribution in [0.4, 0.5) is 0 Å². The Labute approximate surface area is 189 Å². The number of aliphatic hydroxyl groups is 4. The summed E-state index contributed by atoms with van der Waals surface area (Å²) in [5.74, 6) is 2.26. The molecule has 178 valence electrons. The Morgan fingerprint density at radius 1 is 0.806 bits per heavy atom. The molecule has 0 bridgehead atoms. The molecule has 0 aromatic heterocycles. The zero-order chi connectivity index (χ0) is 22.7. The number of hydrogen-bond acceptors (Lipinski definition) is 4. The number of allylic oxidation sites excluding steroid dienone is 1. The second-order valence-electron chi connectivity index (χ2n) is 12.6. The number of rotatable bonds is 4. The second kappa shape index (κ2) is 8.42. The van der Waals surface area contributed by atoms with Crippen molar-refractivity contribution >= 4 is 0 Å². The van der Waals surface area contributed by atoms with Crippen LogP contribution in [0.2, 0.25) is 0 Å². The molecule has 4 aliphatic carbocycles. The number of aliphatic hydroxyl groups excluding tert-OH is 4. The van der Waals surface area contributed by atoms with E-state index in [9.17, 15) is 20.4 Å². The van der Waals surface area contributed by atoms with Crippen molar-refractivity contribution in [3.05, 3.63) is 12.2 Å². The highest BCUT2D eigenvalue weighted by Crippen LogP contribution is 2.68. The van der Waals surface area contributed by atoms with Crippen molar-refractivity contribution in [2.45, 2.75) is 104 Å². The Balaban J connectivity index is 1.58. The van der Waals surface area contributed by atoms with Crippen LogP contribution in [-0.2, 0) is 0 Å². The van der Waals surface area contributed by atoms with Crippen LogP contribution in [0.5, 0.6) is 0 Å². The monoisotopic (exact) mass is 434 g/mol. The zero-order valence-electron chi connectivity index (χ0n) is 20.2. The van der Waals surface area contributed by atoms with Crippen molar-refractivity contribution in [1.82, 2.24) is 0 Å². The summed E-state index contributed by atoms with van der Waals surface area (Å²) in [6.45, 7) is 11.1. The molecule has 0 radical (unpaired) electrons. The lowest BCUT2D eigenvalue weighted by molar-refractivity contribution is -0.180. The fourth-order valence-corrected chi connectivity index (χ4v) is 8.85. The van der Waals surface area contributed by atoms with Gasteiger partial charge >= 0.3 is 0 Å². The van der Waals surface area contributed by atoms with Crippen molar-refractivity contribution in [2.24, 2.45) is 52.3 Å². The van der Waals surface area contributed by atoms with Gasteiger partial charge in [0, 0.05) is 0 Å². The highest BCUT2D eigenvalue weighted by atomic mass is 16.3. The van der Waals surface area contributed by atoms with Gasteiger partial charge in [0.15, 0.2) is 0 Å². The van der Waals surface area contributed by atoms with Gasteiger partial charge in [-0.05, 0) is 97.2 Å². The van der Waals surface area contributed by atoms with Crippen molar-refractivity contribution in [3.8, 4) is 0 Å². The van der Waals surface area contributed by atoms with Gasteiger partial charge in [-0.15, -0.1) is 0 Å². The van der Waals surface area contributed by atoms with E-state index < -0.39 is 6.10 Å². The molecular weight excluding hydrogens is 388 g/mol. The second-order valence-corrected chi connectivity index (χ2v) is 12.6. The van der Waals surface area contributed by atoms with Gasteiger partial charge in [-0.2, -0.15) is 0 Å². The summed E-state index contributed by atoms with van der Waals surface area (Å²) in [7, 11) is 0. The van der Waals surface area contributed by atoms with Gasteiger partial charge in [0.1, 0.15) is 0 Å². The van der Waals surface area contributed by atoms with E-state index in [1.807, 2.05) is 19.9 Å². The highest BCUT2D eigenvalue weighted by molar-refractivity contribution is 5.14. The molecule has 31 heavy (non-hydrogen) atoms. The Morgan fingerprint density at radius 3 is 2.16 bits per heavy atom. The van der Waals surface area contributed by atoms with Crippen LogP contribution >= 0.6 is 0 Å². The third-order valence-corrected chi connectivity index (χ3v) is 10.6. The largest absolute Gasteiger partial charge is 0.393 e. The van der Waals surface area contributed by atoms with Gasteiger partial charge in [0.2, 0.25) is 0 Å². The molecule has 0 saturated heterocycles. The summed E-state index contributed by atoms with van der Waals surface area (Å²) in [6.07, 6.45) is 9.23. The van der Waals surface area contributed by atoms with E-state index in [0.717, 1.165) is 38.5 Å². The molecule has 4 N–H and O–H groups in total. The van der Waals surface area contributed by atoms with E-state index in [2.05, 4.69) is 26.8 Å². The third-order valence-electron chi connectivity index (χ3n) is 10.6. The van der Waals surface area contributed by atoms with Gasteiger partial charge in [-0.1, -0.05) is 46.8 Å². The number of fused-ring (bicyclic) bond motifs is 5. The van der Waals surface area contributed by atoms with E-state index in [0.29, 0.717) is 23.7 Å². The van der Waals surface area contributed by atoms with Crippen molar-refractivity contribution in [2.75, 3.05) is 0 Å². The third kappa shape index (κ3) is 3.84. The Kier molecular flexibility index (Phi) is 6.44. The summed E-state index contributed by atoms with van der Waals surface area (Å²) < 4.78 is 0. The van der Waals surface area contributed by atoms with Crippen molar-refractivity contribution in [3.63, 3.8) is 0 Å². The topological polar surface area (TPSA) is 80.9 Å². The van der Waals surface area contributed by atoms with Crippen LogP contribution in [0.25, 0.3) is 0 Å². The average Bonchev–Trinajstić information content (AvgIpc) is 2.98. The van der Waals surface area contributed by atoms with Crippen molar-refractivity contribution in [1.29, 1.82) is 0 Å². The first-order chi connectivity index (χ1) is 14.5. The summed E-state index contributed by atoms with van der Waals surface area (Å²) in [6, 6.07) is 0. The van der Waals surface area contributed by atoms with Crippen LogP contribution in [-0.4, -0.2) is 44.8 Å². The molecular formula is C27H46O4. The molecule has 4 fully saturated rings. The van der Waals surface area contributed by atoms with E-state index in [4.69, 9.17) is 0 Å². The molecule has 0 aliphatic heterocycles. The first-order valence-electron chi connectivity index (χ1n) is 12.9. The molecule has 0 aromatic carbocycles. The summed E-state index contributed by atoms with van der Waals surface area (Å²) in [4.78, 5) is 0. The predicted octanol–water partition coefficient (Wildman–Crippen LogP) is 4.16. The summed E-state index contributed by atoms with van der Waals surface area (Å²) >= 11 is 0. The summed E-state index contributed by atoms with van der Waals surface area (Å²) in [5.41, 5.74) is 0.151. The average molecular weight is 435 g/mol. The number of hydrogen-bond donors (Lipinski definition) is 4. The molecule has 4 saturated carbocycles. The van der Waals surface area contributed by atoms with E-state index in [1.165, 1.54) is 6.42 Å². The zero-order valence-corrected chi connectivity index (χ0v) is 20.2. The van der Waals surface area contributed by atoms with Crippen LogP contribution in [0.3, 0.4) is 0 Å². The molecule has 0 amide bonds. The Morgan fingerprint density at radius 2 is 1.48 bits per heavy atom. The standard InChI is InChI=1S/C27H46O4/c1-15(2)22(29)7-6-16(3)20-14-24(31)25-18-13-23(30)21-12-17(28)8-10-26(21,4)19(18)9-11-27(20,25)5/h6-7,15-25,28-31H,8-14H2,1-5H3/b7-6+/t16-,17+,18-,19?,20?,21?,22+,23+,24-,25?,26-,27-/m1/s1. The molecule has 12 atom stereocenters. The quantitative estimate of drug-likeness (QED) is 0.501. The van der Waals surface area contributed by atoms with E-state index in [-0.39, 0.29) is 46.9 Å². The molecule has 4 unspecified atom stereocenters. The SMILES string of the molecule is CC(C)[C@@H](O)/C=C/[C@@H](C)C1C[C@@H](O)C2[C@@H]3C[C@H](O)C4C[C@@H](O)CC[C@]4(C)C3CC[C@]12C. The van der Waals surface area contributed by atoms with Gasteiger partial charge in [0.25, 0.3) is 0 Å². The molecule has 4 aliphatic rings. The minimum atomic E-state index is -0.417. The predicted molar refractivity (Wildman–Crippen MR) is 123 cm³/mol. The first-order valence-corrected chi connectivity index (χ1v) is 12.9. The maximum atomic E-state index is 11.3. The lowest BCUT2D eigenvalue weighted by Crippen LogP contribution is -2.59. The smallest absolute Gasteiger partial charge is 0.0743 e. The van der Waals surface area contributed by atoms with E-state index >= 15 is 0 Å². The lowest BCUT2D eigenvalue weighted by Gasteiger charge is -2.62. The maximum Gasteiger partial charge on any atom is 0.0743 e. The lowest BCUT2D eigenvalue weighted by atomic mass is 9.43. The van der Waals surface area contributed by atoms with Gasteiger partial charge in [-0.3, -0.25) is 0 Å². The minimum Gasteiger partial charge on any atom is -0.393 e. The normalized spacial score (nSPS) is 51.9. The highest BCUT2D eigenvalue weighted by Gasteiger charge is 2.64. The van der Waals surface area contributed by atoms with Crippen LogP contribution < -0.4 is 0 Å². The van der Waals surface area contributed by atoms with Crippen LogP contribution in [0.15, 0.2) is 12.2 Å². The molecule has 0 heterocycles. The Bertz CT molecular complexity index is 676. The van der Waals surface area contributed by atoms with E-state index in [1.54, 1.807) is 0 Å². The maximum absolute atomic E-state index is 11.3. The van der Waals surface area contributed by atoms with Gasteiger partial charge < -0.3 is 20.4 Å².